The molecule has 1 unspecified atom stereocenters. The summed E-state index contributed by atoms with van der Waals surface area (Å²) in [6, 6.07) is -0.132. The highest BCUT2D eigenvalue weighted by Crippen LogP contribution is 2.20. The maximum atomic E-state index is 11.7. The van der Waals surface area contributed by atoms with Crippen LogP contribution in [0.1, 0.15) is 27.7 Å². The number of hydrogen-bond acceptors (Lipinski definition) is 4. The maximum absolute atomic E-state index is 11.7. The number of rotatable bonds is 3. The van der Waals surface area contributed by atoms with Crippen molar-refractivity contribution in [2.75, 3.05) is 33.3 Å². The third-order valence-corrected chi connectivity index (χ3v) is 3.52. The van der Waals surface area contributed by atoms with Crippen LogP contribution in [0, 0.1) is 0 Å². The molecule has 0 bridgehead atoms. The first-order valence-corrected chi connectivity index (χ1v) is 6.00. The second kappa shape index (κ2) is 5.15. The van der Waals surface area contributed by atoms with Crippen LogP contribution in [-0.4, -0.2) is 60.6 Å². The van der Waals surface area contributed by atoms with E-state index in [9.17, 15) is 4.79 Å². The fraction of sp³-hybridized carbons (Fsp3) is 0.917. The van der Waals surface area contributed by atoms with Crippen molar-refractivity contribution in [1.29, 1.82) is 0 Å². The van der Waals surface area contributed by atoms with Gasteiger partial charge in [0.15, 0.2) is 0 Å². The van der Waals surface area contributed by atoms with Gasteiger partial charge >= 0.3 is 5.97 Å². The summed E-state index contributed by atoms with van der Waals surface area (Å²) in [4.78, 5) is 16.2. The second-order valence-electron chi connectivity index (χ2n) is 5.13. The molecule has 4 nitrogen and oxygen atoms in total. The van der Waals surface area contributed by atoms with Crippen LogP contribution < -0.4 is 0 Å². The van der Waals surface area contributed by atoms with E-state index in [0.29, 0.717) is 6.61 Å². The van der Waals surface area contributed by atoms with Crippen LogP contribution in [0.25, 0.3) is 0 Å². The Hall–Kier alpha value is -0.610. The second-order valence-corrected chi connectivity index (χ2v) is 5.13. The largest absolute Gasteiger partial charge is 0.465 e. The summed E-state index contributed by atoms with van der Waals surface area (Å²) < 4.78 is 5.06. The molecule has 1 aliphatic rings. The first-order valence-electron chi connectivity index (χ1n) is 6.00. The van der Waals surface area contributed by atoms with Crippen LogP contribution in [0.4, 0.5) is 0 Å². The van der Waals surface area contributed by atoms with E-state index < -0.39 is 0 Å². The van der Waals surface area contributed by atoms with Gasteiger partial charge in [-0.3, -0.25) is 14.6 Å². The topological polar surface area (TPSA) is 32.8 Å². The third-order valence-electron chi connectivity index (χ3n) is 3.52. The molecule has 0 saturated carbocycles. The molecule has 0 amide bonds. The average molecular weight is 228 g/mol. The molecule has 0 aromatic heterocycles. The molecule has 1 fully saturated rings. The van der Waals surface area contributed by atoms with Gasteiger partial charge in [-0.1, -0.05) is 0 Å². The Morgan fingerprint density at radius 3 is 2.56 bits per heavy atom. The SMILES string of the molecule is CCOC(=O)C(C)N1CCN(C)C(C)(C)C1. The van der Waals surface area contributed by atoms with Crippen LogP contribution in [0.3, 0.4) is 0 Å². The summed E-state index contributed by atoms with van der Waals surface area (Å²) in [6.45, 7) is 11.5. The number of nitrogens with zero attached hydrogens (tertiary/aromatic N) is 2. The summed E-state index contributed by atoms with van der Waals surface area (Å²) >= 11 is 0. The van der Waals surface area contributed by atoms with Crippen LogP contribution in [0.2, 0.25) is 0 Å². The van der Waals surface area contributed by atoms with Gasteiger partial charge in [0, 0.05) is 25.2 Å². The lowest BCUT2D eigenvalue weighted by molar-refractivity contribution is -0.150. The van der Waals surface area contributed by atoms with Crippen LogP contribution >= 0.6 is 0 Å². The van der Waals surface area contributed by atoms with Crippen molar-refractivity contribution in [3.63, 3.8) is 0 Å². The van der Waals surface area contributed by atoms with Crippen molar-refractivity contribution >= 4 is 5.97 Å². The van der Waals surface area contributed by atoms with Crippen molar-refractivity contribution in [2.45, 2.75) is 39.3 Å². The molecule has 0 aromatic carbocycles. The number of carbonyl (C=O) groups excluding carboxylic acids is 1. The van der Waals surface area contributed by atoms with Crippen molar-refractivity contribution in [3.8, 4) is 0 Å². The molecule has 16 heavy (non-hydrogen) atoms. The van der Waals surface area contributed by atoms with E-state index in [1.54, 1.807) is 0 Å². The Morgan fingerprint density at radius 2 is 2.06 bits per heavy atom. The number of carbonyl (C=O) groups is 1. The summed E-state index contributed by atoms with van der Waals surface area (Å²) in [6.07, 6.45) is 0. The predicted octanol–water partition coefficient (Wildman–Crippen LogP) is 0.964. The quantitative estimate of drug-likeness (QED) is 0.674. The fourth-order valence-corrected chi connectivity index (χ4v) is 2.02. The van der Waals surface area contributed by atoms with Gasteiger partial charge in [0.1, 0.15) is 6.04 Å². The Labute approximate surface area is 98.5 Å². The van der Waals surface area contributed by atoms with Gasteiger partial charge in [-0.15, -0.1) is 0 Å². The zero-order chi connectivity index (χ0) is 12.3. The van der Waals surface area contributed by atoms with Gasteiger partial charge in [0.05, 0.1) is 6.61 Å². The van der Waals surface area contributed by atoms with Crippen molar-refractivity contribution in [3.05, 3.63) is 0 Å². The van der Waals surface area contributed by atoms with Crippen LogP contribution in [0.5, 0.6) is 0 Å². The number of ether oxygens (including phenoxy) is 1. The fourth-order valence-electron chi connectivity index (χ4n) is 2.02. The van der Waals surface area contributed by atoms with E-state index in [2.05, 4.69) is 30.7 Å². The summed E-state index contributed by atoms with van der Waals surface area (Å²) in [5.41, 5.74) is 0.124. The Morgan fingerprint density at radius 1 is 1.44 bits per heavy atom. The number of esters is 1. The molecule has 94 valence electrons. The van der Waals surface area contributed by atoms with Gasteiger partial charge < -0.3 is 4.74 Å². The minimum Gasteiger partial charge on any atom is -0.465 e. The lowest BCUT2D eigenvalue weighted by Crippen LogP contribution is -2.60. The maximum Gasteiger partial charge on any atom is 0.323 e. The number of piperazine rings is 1. The molecular formula is C12H24N2O2. The monoisotopic (exact) mass is 228 g/mol. The molecule has 1 atom stereocenters. The molecule has 1 heterocycles. The Bertz CT molecular complexity index is 253. The first-order chi connectivity index (χ1) is 7.38. The lowest BCUT2D eigenvalue weighted by atomic mass is 9.98. The lowest BCUT2D eigenvalue weighted by Gasteiger charge is -2.46. The van der Waals surface area contributed by atoms with Crippen molar-refractivity contribution < 1.29 is 9.53 Å². The molecular weight excluding hydrogens is 204 g/mol. The van der Waals surface area contributed by atoms with E-state index in [4.69, 9.17) is 4.74 Å². The summed E-state index contributed by atoms with van der Waals surface area (Å²) in [7, 11) is 2.13. The molecule has 0 aromatic rings. The van der Waals surface area contributed by atoms with Crippen LogP contribution in [0.15, 0.2) is 0 Å². The van der Waals surface area contributed by atoms with Gasteiger partial charge in [0.2, 0.25) is 0 Å². The molecule has 4 heteroatoms. The van der Waals surface area contributed by atoms with E-state index in [-0.39, 0.29) is 17.6 Å². The van der Waals surface area contributed by atoms with Crippen molar-refractivity contribution in [1.82, 2.24) is 9.80 Å². The Balaban J connectivity index is 2.58. The number of likely N-dealkylation sites (N-methyl/N-ethyl adjacent to an activating group) is 1. The van der Waals surface area contributed by atoms with Gasteiger partial charge in [-0.2, -0.15) is 0 Å². The molecule has 1 rings (SSSR count). The molecule has 1 aliphatic heterocycles. The highest BCUT2D eigenvalue weighted by Gasteiger charge is 2.35. The molecule has 0 N–H and O–H groups in total. The van der Waals surface area contributed by atoms with Gasteiger partial charge in [-0.05, 0) is 34.7 Å². The predicted molar refractivity (Wildman–Crippen MR) is 64.4 cm³/mol. The molecule has 1 saturated heterocycles. The highest BCUT2D eigenvalue weighted by molar-refractivity contribution is 5.75. The zero-order valence-electron chi connectivity index (χ0n) is 11.1. The average Bonchev–Trinajstić information content (AvgIpc) is 2.21. The number of hydrogen-bond donors (Lipinski definition) is 0. The smallest absolute Gasteiger partial charge is 0.323 e. The van der Waals surface area contributed by atoms with E-state index in [0.717, 1.165) is 19.6 Å². The normalized spacial score (nSPS) is 24.1. The van der Waals surface area contributed by atoms with E-state index in [1.165, 1.54) is 0 Å². The van der Waals surface area contributed by atoms with Gasteiger partial charge in [0.25, 0.3) is 0 Å². The molecule has 0 radical (unpaired) electrons. The van der Waals surface area contributed by atoms with Crippen LogP contribution in [-0.2, 0) is 9.53 Å². The summed E-state index contributed by atoms with van der Waals surface area (Å²) in [5.74, 6) is -0.108. The molecule has 0 spiro atoms. The first kappa shape index (κ1) is 13.5. The van der Waals surface area contributed by atoms with E-state index >= 15 is 0 Å². The van der Waals surface area contributed by atoms with Gasteiger partial charge in [-0.25, -0.2) is 0 Å². The minimum atomic E-state index is -0.132. The standard InChI is InChI=1S/C12H24N2O2/c1-6-16-11(15)10(2)14-8-7-13(5)12(3,4)9-14/h10H,6-9H2,1-5H3. The minimum absolute atomic E-state index is 0.108. The summed E-state index contributed by atoms with van der Waals surface area (Å²) in [5, 5.41) is 0. The zero-order valence-corrected chi connectivity index (χ0v) is 11.1. The Kier molecular flexibility index (Phi) is 4.33. The molecule has 0 aliphatic carbocycles. The van der Waals surface area contributed by atoms with E-state index in [1.807, 2.05) is 13.8 Å². The highest BCUT2D eigenvalue weighted by atomic mass is 16.5. The third kappa shape index (κ3) is 2.95. The van der Waals surface area contributed by atoms with Crippen molar-refractivity contribution in [2.24, 2.45) is 0 Å².